The molecule has 0 fully saturated rings. The van der Waals surface area contributed by atoms with Crippen molar-refractivity contribution in [2.24, 2.45) is 5.73 Å². The molecule has 0 aliphatic carbocycles. The molecule has 19 heavy (non-hydrogen) atoms. The summed E-state index contributed by atoms with van der Waals surface area (Å²) in [6.45, 7) is 12.1. The monoisotopic (exact) mass is 293 g/mol. The molecule has 5 nitrogen and oxygen atoms in total. The lowest BCUT2D eigenvalue weighted by Gasteiger charge is -2.39. The summed E-state index contributed by atoms with van der Waals surface area (Å²) in [6.07, 6.45) is 2.51. The Labute approximate surface area is 119 Å². The first-order valence-electron chi connectivity index (χ1n) is 7.39. The van der Waals surface area contributed by atoms with Crippen molar-refractivity contribution in [2.45, 2.75) is 59.5 Å². The normalized spacial score (nSPS) is 12.9. The van der Waals surface area contributed by atoms with Crippen LogP contribution in [0.1, 0.15) is 53.9 Å². The standard InChI is InChI=1S/C13H31NO4Si/c1-6-13(7-2,11-12-14)18-19(15-8-3,16-9-4)17-10-5/h6-12,14H2,1-5H3. The van der Waals surface area contributed by atoms with Gasteiger partial charge in [0.2, 0.25) is 0 Å². The van der Waals surface area contributed by atoms with Crippen LogP contribution in [0.3, 0.4) is 0 Å². The van der Waals surface area contributed by atoms with E-state index >= 15 is 0 Å². The molecule has 0 saturated carbocycles. The smallest absolute Gasteiger partial charge is 0.351 e. The maximum absolute atomic E-state index is 6.28. The summed E-state index contributed by atoms with van der Waals surface area (Å²) in [7, 11) is -3.07. The Morgan fingerprint density at radius 2 is 1.26 bits per heavy atom. The van der Waals surface area contributed by atoms with Crippen molar-refractivity contribution in [1.29, 1.82) is 0 Å². The molecule has 0 heterocycles. The summed E-state index contributed by atoms with van der Waals surface area (Å²) < 4.78 is 23.5. The highest BCUT2D eigenvalue weighted by molar-refractivity contribution is 6.53. The first-order chi connectivity index (χ1) is 9.07. The van der Waals surface area contributed by atoms with E-state index in [1.807, 2.05) is 20.8 Å². The molecule has 0 unspecified atom stereocenters. The summed E-state index contributed by atoms with van der Waals surface area (Å²) in [5.41, 5.74) is 5.40. The maximum Gasteiger partial charge on any atom is 0.680 e. The molecule has 0 spiro atoms. The number of hydrogen-bond acceptors (Lipinski definition) is 5. The molecule has 116 valence electrons. The lowest BCUT2D eigenvalue weighted by atomic mass is 9.94. The molecular formula is C13H31NO4Si. The molecule has 0 atom stereocenters. The highest BCUT2D eigenvalue weighted by Crippen LogP contribution is 2.30. The molecule has 0 aromatic carbocycles. The Hall–Kier alpha value is 0.0169. The summed E-state index contributed by atoms with van der Waals surface area (Å²) >= 11 is 0. The minimum Gasteiger partial charge on any atom is -0.351 e. The van der Waals surface area contributed by atoms with Crippen LogP contribution in [0.4, 0.5) is 0 Å². The molecule has 6 heteroatoms. The predicted molar refractivity (Wildman–Crippen MR) is 78.7 cm³/mol. The molecular weight excluding hydrogens is 262 g/mol. The van der Waals surface area contributed by atoms with E-state index in [1.165, 1.54) is 0 Å². The zero-order valence-electron chi connectivity index (χ0n) is 13.2. The van der Waals surface area contributed by atoms with E-state index in [9.17, 15) is 0 Å². The topological polar surface area (TPSA) is 62.9 Å². The Morgan fingerprint density at radius 3 is 1.53 bits per heavy atom. The van der Waals surface area contributed by atoms with E-state index < -0.39 is 9.05 Å². The van der Waals surface area contributed by atoms with Gasteiger partial charge in [-0.15, -0.1) is 0 Å². The van der Waals surface area contributed by atoms with Crippen LogP contribution < -0.4 is 5.73 Å². The molecule has 0 aliphatic rings. The molecule has 0 amide bonds. The molecule has 0 aliphatic heterocycles. The van der Waals surface area contributed by atoms with E-state index in [4.69, 9.17) is 23.4 Å². The van der Waals surface area contributed by atoms with Crippen molar-refractivity contribution < 1.29 is 17.7 Å². The van der Waals surface area contributed by atoms with Crippen molar-refractivity contribution in [3.63, 3.8) is 0 Å². The van der Waals surface area contributed by atoms with Gasteiger partial charge in [-0.3, -0.25) is 0 Å². The first kappa shape index (κ1) is 19.0. The Kier molecular flexibility index (Phi) is 9.86. The van der Waals surface area contributed by atoms with Crippen LogP contribution in [0, 0.1) is 0 Å². The van der Waals surface area contributed by atoms with Gasteiger partial charge in [-0.05, 0) is 46.6 Å². The fourth-order valence-corrected chi connectivity index (χ4v) is 4.48. The second kappa shape index (κ2) is 9.85. The van der Waals surface area contributed by atoms with Crippen molar-refractivity contribution in [2.75, 3.05) is 26.4 Å². The zero-order valence-corrected chi connectivity index (χ0v) is 14.2. The van der Waals surface area contributed by atoms with Gasteiger partial charge in [0, 0.05) is 19.8 Å². The van der Waals surface area contributed by atoms with Crippen LogP contribution in [-0.2, 0) is 17.7 Å². The second-order valence-electron chi connectivity index (χ2n) is 4.33. The molecule has 0 saturated heterocycles. The van der Waals surface area contributed by atoms with Crippen LogP contribution in [0.2, 0.25) is 0 Å². The van der Waals surface area contributed by atoms with Gasteiger partial charge < -0.3 is 23.4 Å². The van der Waals surface area contributed by atoms with Gasteiger partial charge in [-0.1, -0.05) is 13.8 Å². The van der Waals surface area contributed by atoms with Gasteiger partial charge >= 0.3 is 9.05 Å². The number of nitrogens with two attached hydrogens (primary N) is 1. The maximum atomic E-state index is 6.28. The van der Waals surface area contributed by atoms with Gasteiger partial charge in [0.15, 0.2) is 0 Å². The Bertz CT molecular complexity index is 208. The van der Waals surface area contributed by atoms with E-state index in [2.05, 4.69) is 13.8 Å². The van der Waals surface area contributed by atoms with E-state index in [0.717, 1.165) is 19.3 Å². The molecule has 0 aromatic rings. The molecule has 0 aromatic heterocycles. The third-order valence-electron chi connectivity index (χ3n) is 3.19. The van der Waals surface area contributed by atoms with Gasteiger partial charge in [-0.2, -0.15) is 0 Å². The summed E-state index contributed by atoms with van der Waals surface area (Å²) in [6, 6.07) is 0. The zero-order chi connectivity index (χ0) is 14.8. The SMILES string of the molecule is CCO[Si](OCC)(OCC)OC(CC)(CC)CCN. The molecule has 0 bridgehead atoms. The van der Waals surface area contributed by atoms with Crippen LogP contribution in [0.25, 0.3) is 0 Å². The third kappa shape index (κ3) is 5.89. The largest absolute Gasteiger partial charge is 0.680 e. The van der Waals surface area contributed by atoms with Crippen LogP contribution in [0.15, 0.2) is 0 Å². The van der Waals surface area contributed by atoms with Gasteiger partial charge in [-0.25, -0.2) is 0 Å². The lowest BCUT2D eigenvalue weighted by Crippen LogP contribution is -2.55. The van der Waals surface area contributed by atoms with Crippen LogP contribution >= 0.6 is 0 Å². The summed E-state index contributed by atoms with van der Waals surface area (Å²) in [4.78, 5) is 0. The number of hydrogen-bond donors (Lipinski definition) is 1. The lowest BCUT2D eigenvalue weighted by molar-refractivity contribution is -0.0957. The van der Waals surface area contributed by atoms with Gasteiger partial charge in [0.25, 0.3) is 0 Å². The fourth-order valence-electron chi connectivity index (χ4n) is 2.07. The van der Waals surface area contributed by atoms with Crippen molar-refractivity contribution >= 4 is 9.05 Å². The minimum absolute atomic E-state index is 0.319. The van der Waals surface area contributed by atoms with Crippen LogP contribution in [-0.4, -0.2) is 41.0 Å². The molecule has 0 rings (SSSR count). The second-order valence-corrected chi connectivity index (χ2v) is 6.40. The molecule has 2 N–H and O–H groups in total. The minimum atomic E-state index is -3.07. The van der Waals surface area contributed by atoms with Gasteiger partial charge in [0.05, 0.1) is 5.60 Å². The van der Waals surface area contributed by atoms with Crippen LogP contribution in [0.5, 0.6) is 0 Å². The Morgan fingerprint density at radius 1 is 0.842 bits per heavy atom. The summed E-state index contributed by atoms with van der Waals surface area (Å²) in [5, 5.41) is 0. The number of rotatable bonds is 12. The van der Waals surface area contributed by atoms with Crippen molar-refractivity contribution in [3.8, 4) is 0 Å². The van der Waals surface area contributed by atoms with E-state index in [1.54, 1.807) is 0 Å². The summed E-state index contributed by atoms with van der Waals surface area (Å²) in [5.74, 6) is 0. The quantitative estimate of drug-likeness (QED) is 0.560. The predicted octanol–water partition coefficient (Wildman–Crippen LogP) is 2.46. The average Bonchev–Trinajstić information content (AvgIpc) is 2.39. The average molecular weight is 293 g/mol. The van der Waals surface area contributed by atoms with Gasteiger partial charge in [0.1, 0.15) is 0 Å². The highest BCUT2D eigenvalue weighted by atomic mass is 28.4. The van der Waals surface area contributed by atoms with E-state index in [0.29, 0.717) is 26.4 Å². The molecule has 0 radical (unpaired) electrons. The van der Waals surface area contributed by atoms with Crippen molar-refractivity contribution in [1.82, 2.24) is 0 Å². The van der Waals surface area contributed by atoms with E-state index in [-0.39, 0.29) is 5.60 Å². The highest BCUT2D eigenvalue weighted by Gasteiger charge is 2.50. The third-order valence-corrected chi connectivity index (χ3v) is 5.80. The Balaban J connectivity index is 5.10. The fraction of sp³-hybridized carbons (Fsp3) is 1.00. The first-order valence-corrected chi connectivity index (χ1v) is 9.02. The van der Waals surface area contributed by atoms with Crippen molar-refractivity contribution in [3.05, 3.63) is 0 Å².